The predicted octanol–water partition coefficient (Wildman–Crippen LogP) is 2.42. The minimum absolute atomic E-state index is 0.0459. The average molecular weight is 284 g/mol. The summed E-state index contributed by atoms with van der Waals surface area (Å²) in [6, 6.07) is 7.01. The first kappa shape index (κ1) is 13.5. The number of fused-ring (bicyclic) bond motifs is 4. The number of rotatable bonds is 0. The molecule has 108 valence electrons. The molecule has 0 radical (unpaired) electrons. The zero-order chi connectivity index (χ0) is 14.7. The molecule has 2 aromatic rings. The zero-order valence-corrected chi connectivity index (χ0v) is 11.5. The number of hydrogen-bond donors (Lipinski definition) is 2. The molecule has 2 heterocycles. The number of carbonyl (C=O) groups is 1. The van der Waals surface area contributed by atoms with E-state index in [0.29, 0.717) is 42.3 Å². The van der Waals surface area contributed by atoms with Crippen LogP contribution in [0.15, 0.2) is 40.8 Å². The molecule has 6 nitrogen and oxygen atoms in total. The average Bonchev–Trinajstić information content (AvgIpc) is 2.96. The Morgan fingerprint density at radius 3 is 3.00 bits per heavy atom. The lowest BCUT2D eigenvalue weighted by atomic mass is 10.1. The first-order chi connectivity index (χ1) is 10.2. The van der Waals surface area contributed by atoms with Crippen LogP contribution in [0.2, 0.25) is 0 Å². The largest absolute Gasteiger partial charge is 0.419 e. The van der Waals surface area contributed by atoms with Crippen molar-refractivity contribution in [2.75, 3.05) is 5.32 Å². The second-order valence-corrected chi connectivity index (χ2v) is 4.89. The molecule has 3 rings (SSSR count). The monoisotopic (exact) mass is 284 g/mol. The van der Waals surface area contributed by atoms with E-state index in [9.17, 15) is 4.79 Å². The van der Waals surface area contributed by atoms with Gasteiger partial charge in [0, 0.05) is 6.42 Å². The number of hydrogen-bond acceptors (Lipinski definition) is 5. The van der Waals surface area contributed by atoms with Gasteiger partial charge in [-0.1, -0.05) is 24.3 Å². The van der Waals surface area contributed by atoms with E-state index in [-0.39, 0.29) is 11.9 Å². The van der Waals surface area contributed by atoms with Gasteiger partial charge in [-0.2, -0.15) is 0 Å². The number of nitrogens with zero attached hydrogens (tertiary/aromatic N) is 2. The van der Waals surface area contributed by atoms with Gasteiger partial charge in [-0.15, -0.1) is 10.2 Å². The highest BCUT2D eigenvalue weighted by atomic mass is 16.4. The molecular formula is C15H16N4O2. The molecule has 0 spiro atoms. The maximum absolute atomic E-state index is 11.9. The summed E-state index contributed by atoms with van der Waals surface area (Å²) in [6.45, 7) is 0. The molecule has 0 fully saturated rings. The number of nitrogens with one attached hydrogen (secondary N) is 1. The van der Waals surface area contributed by atoms with Crippen LogP contribution in [0.25, 0.3) is 11.5 Å². The molecule has 1 aromatic heterocycles. The van der Waals surface area contributed by atoms with Crippen molar-refractivity contribution < 1.29 is 9.21 Å². The fraction of sp³-hybridized carbons (Fsp3) is 0.267. The maximum Gasteiger partial charge on any atom is 0.249 e. The Bertz CT molecular complexity index is 678. The molecule has 0 aliphatic carbocycles. The van der Waals surface area contributed by atoms with E-state index in [0.717, 1.165) is 0 Å². The van der Waals surface area contributed by atoms with Crippen molar-refractivity contribution in [3.63, 3.8) is 0 Å². The number of nitrogens with two attached hydrogens (primary N) is 1. The summed E-state index contributed by atoms with van der Waals surface area (Å²) in [6.07, 6.45) is 5.58. The Balaban J connectivity index is 2.03. The summed E-state index contributed by atoms with van der Waals surface area (Å²) in [7, 11) is 0. The number of allylic oxidation sites excluding steroid dienone is 1. The fourth-order valence-corrected chi connectivity index (χ4v) is 2.16. The van der Waals surface area contributed by atoms with E-state index < -0.39 is 0 Å². The second-order valence-electron chi connectivity index (χ2n) is 4.89. The topological polar surface area (TPSA) is 94.0 Å². The summed E-state index contributed by atoms with van der Waals surface area (Å²) in [5, 5.41) is 10.9. The number of anilines is 1. The van der Waals surface area contributed by atoms with Crippen molar-refractivity contribution in [3.05, 3.63) is 42.3 Å². The van der Waals surface area contributed by atoms with Gasteiger partial charge in [0.2, 0.25) is 17.7 Å². The molecule has 0 saturated heterocycles. The summed E-state index contributed by atoms with van der Waals surface area (Å²) in [5.41, 5.74) is 7.38. The van der Waals surface area contributed by atoms with Crippen molar-refractivity contribution in [1.29, 1.82) is 0 Å². The number of para-hydroxylation sites is 1. The SMILES string of the molecule is N[C@H]1CC=CCCC(=O)Nc2ccccc2-c2nnc1o2. The molecule has 1 atom stereocenters. The highest BCUT2D eigenvalue weighted by Crippen LogP contribution is 2.28. The van der Waals surface area contributed by atoms with Gasteiger partial charge >= 0.3 is 0 Å². The standard InChI is InChI=1S/C15H16N4O2/c16-11-7-2-1-3-9-13(20)17-12-8-5-4-6-10(12)14-18-19-15(11)21-14/h1-2,4-6,8,11H,3,7,9,16H2,(H,17,20)/t11-/m0/s1. The van der Waals surface area contributed by atoms with E-state index in [4.69, 9.17) is 10.2 Å². The summed E-state index contributed by atoms with van der Waals surface area (Å²) < 4.78 is 5.64. The number of benzene rings is 1. The van der Waals surface area contributed by atoms with Crippen LogP contribution >= 0.6 is 0 Å². The van der Waals surface area contributed by atoms with Gasteiger partial charge in [0.1, 0.15) is 0 Å². The van der Waals surface area contributed by atoms with E-state index in [1.165, 1.54) is 0 Å². The first-order valence-corrected chi connectivity index (χ1v) is 6.87. The van der Waals surface area contributed by atoms with E-state index >= 15 is 0 Å². The summed E-state index contributed by atoms with van der Waals surface area (Å²) in [4.78, 5) is 11.9. The zero-order valence-electron chi connectivity index (χ0n) is 11.5. The van der Waals surface area contributed by atoms with Crippen molar-refractivity contribution in [3.8, 4) is 11.5 Å². The molecule has 0 unspecified atom stereocenters. The van der Waals surface area contributed by atoms with Crippen LogP contribution in [0, 0.1) is 0 Å². The van der Waals surface area contributed by atoms with Crippen LogP contribution in [-0.4, -0.2) is 16.1 Å². The van der Waals surface area contributed by atoms with Gasteiger partial charge in [-0.05, 0) is 25.0 Å². The Morgan fingerprint density at radius 2 is 2.10 bits per heavy atom. The van der Waals surface area contributed by atoms with E-state index in [1.54, 1.807) is 0 Å². The highest BCUT2D eigenvalue weighted by Gasteiger charge is 2.17. The summed E-state index contributed by atoms with van der Waals surface area (Å²) >= 11 is 0. The molecule has 1 aliphatic heterocycles. The Morgan fingerprint density at radius 1 is 1.24 bits per heavy atom. The second kappa shape index (κ2) is 5.88. The third kappa shape index (κ3) is 3.00. The maximum atomic E-state index is 11.9. The van der Waals surface area contributed by atoms with Crippen LogP contribution in [0.4, 0.5) is 5.69 Å². The number of carbonyl (C=O) groups excluding carboxylic acids is 1. The van der Waals surface area contributed by atoms with Crippen molar-refractivity contribution in [2.24, 2.45) is 5.73 Å². The fourth-order valence-electron chi connectivity index (χ4n) is 2.16. The Labute approximate surface area is 122 Å². The van der Waals surface area contributed by atoms with Gasteiger partial charge in [-0.25, -0.2) is 0 Å². The van der Waals surface area contributed by atoms with Gasteiger partial charge in [-0.3, -0.25) is 4.79 Å². The van der Waals surface area contributed by atoms with Crippen molar-refractivity contribution in [2.45, 2.75) is 25.3 Å². The van der Waals surface area contributed by atoms with Crippen LogP contribution in [0.5, 0.6) is 0 Å². The lowest BCUT2D eigenvalue weighted by Gasteiger charge is -2.07. The molecule has 6 heteroatoms. The minimum Gasteiger partial charge on any atom is -0.419 e. The van der Waals surface area contributed by atoms with Gasteiger partial charge < -0.3 is 15.5 Å². The van der Waals surface area contributed by atoms with Crippen LogP contribution in [-0.2, 0) is 4.79 Å². The highest BCUT2D eigenvalue weighted by molar-refractivity contribution is 5.94. The first-order valence-electron chi connectivity index (χ1n) is 6.87. The van der Waals surface area contributed by atoms with Crippen LogP contribution in [0.3, 0.4) is 0 Å². The minimum atomic E-state index is -0.334. The van der Waals surface area contributed by atoms with Crippen LogP contribution in [0.1, 0.15) is 31.2 Å². The lowest BCUT2D eigenvalue weighted by molar-refractivity contribution is -0.116. The molecule has 1 amide bonds. The third-order valence-corrected chi connectivity index (χ3v) is 3.28. The van der Waals surface area contributed by atoms with Crippen molar-refractivity contribution >= 4 is 11.6 Å². The summed E-state index contributed by atoms with van der Waals surface area (Å²) in [5.74, 6) is 0.713. The predicted molar refractivity (Wildman–Crippen MR) is 78.3 cm³/mol. The normalized spacial score (nSPS) is 18.9. The van der Waals surface area contributed by atoms with Crippen molar-refractivity contribution in [1.82, 2.24) is 10.2 Å². The molecule has 21 heavy (non-hydrogen) atoms. The molecule has 1 aromatic carbocycles. The molecular weight excluding hydrogens is 268 g/mol. The third-order valence-electron chi connectivity index (χ3n) is 3.28. The van der Waals surface area contributed by atoms with Crippen LogP contribution < -0.4 is 11.1 Å². The quantitative estimate of drug-likeness (QED) is 0.724. The lowest BCUT2D eigenvalue weighted by Crippen LogP contribution is -2.11. The smallest absolute Gasteiger partial charge is 0.249 e. The number of aromatic nitrogens is 2. The Hall–Kier alpha value is -2.47. The Kier molecular flexibility index (Phi) is 3.79. The molecule has 2 bridgehead atoms. The molecule has 1 aliphatic rings. The van der Waals surface area contributed by atoms with E-state index in [1.807, 2.05) is 36.4 Å². The number of amides is 1. The molecule has 0 saturated carbocycles. The van der Waals surface area contributed by atoms with Gasteiger partial charge in [0.05, 0.1) is 17.3 Å². The van der Waals surface area contributed by atoms with Gasteiger partial charge in [0.25, 0.3) is 0 Å². The van der Waals surface area contributed by atoms with E-state index in [2.05, 4.69) is 15.5 Å². The molecule has 3 N–H and O–H groups in total. The van der Waals surface area contributed by atoms with Gasteiger partial charge in [0.15, 0.2) is 0 Å².